The summed E-state index contributed by atoms with van der Waals surface area (Å²) in [5, 5.41) is 0. The Hall–Kier alpha value is -1.39. The molecule has 0 saturated heterocycles. The minimum atomic E-state index is -3.77. The highest BCUT2D eigenvalue weighted by atomic mass is 19.3. The molecule has 72 valence electrons. The summed E-state index contributed by atoms with van der Waals surface area (Å²) < 4.78 is 40.3. The monoisotopic (exact) mass is 191 g/mol. The van der Waals surface area contributed by atoms with E-state index in [0.29, 0.717) is 5.69 Å². The molecule has 0 heterocycles. The molecule has 0 aliphatic rings. The Morgan fingerprint density at radius 1 is 1.23 bits per heavy atom. The molecule has 0 radical (unpaired) electrons. The Morgan fingerprint density at radius 2 is 1.77 bits per heavy atom. The largest absolute Gasteiger partial charge is 0.431 e. The standard InChI is InChI=1S/C8H8F3NO/c9-5-8(10,11)13-7-3-1-6(12)2-4-7/h1-4H,5,12H2. The molecule has 0 aliphatic heterocycles. The minimum absolute atomic E-state index is 0.114. The second kappa shape index (κ2) is 3.55. The first-order valence-electron chi connectivity index (χ1n) is 3.52. The van der Waals surface area contributed by atoms with Crippen molar-refractivity contribution in [2.24, 2.45) is 0 Å². The number of anilines is 1. The van der Waals surface area contributed by atoms with Crippen LogP contribution in [-0.4, -0.2) is 12.8 Å². The predicted molar refractivity (Wildman–Crippen MR) is 42.4 cm³/mol. The lowest BCUT2D eigenvalue weighted by atomic mass is 10.3. The fraction of sp³-hybridized carbons (Fsp3) is 0.250. The second-order valence-corrected chi connectivity index (χ2v) is 2.44. The van der Waals surface area contributed by atoms with Crippen LogP contribution < -0.4 is 10.5 Å². The van der Waals surface area contributed by atoms with Crippen LogP contribution in [-0.2, 0) is 0 Å². The van der Waals surface area contributed by atoms with Crippen molar-refractivity contribution in [3.63, 3.8) is 0 Å². The van der Waals surface area contributed by atoms with Gasteiger partial charge in [0.2, 0.25) is 0 Å². The first kappa shape index (κ1) is 9.70. The molecule has 0 amide bonds. The van der Waals surface area contributed by atoms with Gasteiger partial charge in [0.05, 0.1) is 0 Å². The number of alkyl halides is 3. The van der Waals surface area contributed by atoms with Crippen molar-refractivity contribution in [2.45, 2.75) is 6.11 Å². The summed E-state index contributed by atoms with van der Waals surface area (Å²) in [6.45, 7) is -1.85. The van der Waals surface area contributed by atoms with Crippen LogP contribution in [0, 0.1) is 0 Å². The smallest absolute Gasteiger partial charge is 0.427 e. The Bertz CT molecular complexity index is 273. The summed E-state index contributed by atoms with van der Waals surface area (Å²) in [6.07, 6.45) is -3.77. The summed E-state index contributed by atoms with van der Waals surface area (Å²) in [5.74, 6) is -0.114. The van der Waals surface area contributed by atoms with E-state index in [4.69, 9.17) is 5.73 Å². The van der Waals surface area contributed by atoms with E-state index in [9.17, 15) is 13.2 Å². The van der Waals surface area contributed by atoms with E-state index in [-0.39, 0.29) is 5.75 Å². The maximum Gasteiger partial charge on any atom is 0.427 e. The van der Waals surface area contributed by atoms with Gasteiger partial charge in [-0.2, -0.15) is 8.78 Å². The second-order valence-electron chi connectivity index (χ2n) is 2.44. The number of hydrogen-bond acceptors (Lipinski definition) is 2. The number of ether oxygens (including phenoxy) is 1. The van der Waals surface area contributed by atoms with Gasteiger partial charge in [-0.1, -0.05) is 0 Å². The Kier molecular flexibility index (Phi) is 2.65. The number of hydrogen-bond donors (Lipinski definition) is 1. The first-order valence-corrected chi connectivity index (χ1v) is 3.52. The quantitative estimate of drug-likeness (QED) is 0.743. The van der Waals surface area contributed by atoms with Gasteiger partial charge in [-0.3, -0.25) is 0 Å². The normalized spacial score (nSPS) is 11.3. The average molecular weight is 191 g/mol. The van der Waals surface area contributed by atoms with Gasteiger partial charge in [0.1, 0.15) is 5.75 Å². The lowest BCUT2D eigenvalue weighted by Crippen LogP contribution is -2.26. The molecule has 0 aromatic heterocycles. The average Bonchev–Trinajstić information content (AvgIpc) is 2.09. The minimum Gasteiger partial charge on any atom is -0.431 e. The van der Waals surface area contributed by atoms with E-state index in [2.05, 4.69) is 4.74 Å². The molecule has 0 atom stereocenters. The highest BCUT2D eigenvalue weighted by Crippen LogP contribution is 2.22. The van der Waals surface area contributed by atoms with Crippen molar-refractivity contribution in [1.82, 2.24) is 0 Å². The number of benzene rings is 1. The molecule has 2 nitrogen and oxygen atoms in total. The van der Waals surface area contributed by atoms with E-state index in [0.717, 1.165) is 0 Å². The fourth-order valence-corrected chi connectivity index (χ4v) is 0.736. The van der Waals surface area contributed by atoms with Crippen molar-refractivity contribution in [2.75, 3.05) is 12.4 Å². The summed E-state index contributed by atoms with van der Waals surface area (Å²) in [6, 6.07) is 5.28. The fourth-order valence-electron chi connectivity index (χ4n) is 0.736. The van der Waals surface area contributed by atoms with Gasteiger partial charge >= 0.3 is 6.11 Å². The van der Waals surface area contributed by atoms with E-state index < -0.39 is 12.8 Å². The molecule has 0 unspecified atom stereocenters. The van der Waals surface area contributed by atoms with Crippen molar-refractivity contribution in [1.29, 1.82) is 0 Å². The molecule has 0 fully saturated rings. The Labute approximate surface area is 73.1 Å². The molecule has 0 saturated carbocycles. The Morgan fingerprint density at radius 3 is 2.23 bits per heavy atom. The topological polar surface area (TPSA) is 35.2 Å². The van der Waals surface area contributed by atoms with Gasteiger partial charge in [0, 0.05) is 5.69 Å². The van der Waals surface area contributed by atoms with E-state index in [1.54, 1.807) is 0 Å². The summed E-state index contributed by atoms with van der Waals surface area (Å²) in [7, 11) is 0. The molecule has 2 N–H and O–H groups in total. The molecular formula is C8H8F3NO. The maximum atomic E-state index is 12.3. The van der Waals surface area contributed by atoms with Crippen LogP contribution in [0.4, 0.5) is 18.9 Å². The van der Waals surface area contributed by atoms with Gasteiger partial charge in [-0.05, 0) is 24.3 Å². The summed E-state index contributed by atoms with van der Waals surface area (Å²) in [4.78, 5) is 0. The maximum absolute atomic E-state index is 12.3. The van der Waals surface area contributed by atoms with Crippen LogP contribution in [0.25, 0.3) is 0 Å². The zero-order chi connectivity index (χ0) is 9.90. The highest BCUT2D eigenvalue weighted by Gasteiger charge is 2.31. The van der Waals surface area contributed by atoms with Crippen LogP contribution in [0.5, 0.6) is 5.75 Å². The number of halogens is 3. The van der Waals surface area contributed by atoms with Gasteiger partial charge < -0.3 is 10.5 Å². The van der Waals surface area contributed by atoms with Gasteiger partial charge in [0.25, 0.3) is 0 Å². The van der Waals surface area contributed by atoms with Crippen LogP contribution >= 0.6 is 0 Å². The third-order valence-corrected chi connectivity index (χ3v) is 1.30. The van der Waals surface area contributed by atoms with Gasteiger partial charge in [-0.25, -0.2) is 4.39 Å². The van der Waals surface area contributed by atoms with Crippen molar-refractivity contribution in [3.8, 4) is 5.75 Å². The molecule has 0 bridgehead atoms. The lowest BCUT2D eigenvalue weighted by Gasteiger charge is -2.14. The molecule has 1 aromatic carbocycles. The van der Waals surface area contributed by atoms with Crippen molar-refractivity contribution in [3.05, 3.63) is 24.3 Å². The predicted octanol–water partition coefficient (Wildman–Crippen LogP) is 2.21. The number of nitrogens with two attached hydrogens (primary N) is 1. The SMILES string of the molecule is Nc1ccc(OC(F)(F)CF)cc1. The first-order chi connectivity index (χ1) is 6.03. The van der Waals surface area contributed by atoms with Crippen molar-refractivity contribution >= 4 is 5.69 Å². The third kappa shape index (κ3) is 2.85. The molecule has 13 heavy (non-hydrogen) atoms. The number of rotatable bonds is 3. The number of nitrogen functional groups attached to an aromatic ring is 1. The van der Waals surface area contributed by atoms with Gasteiger partial charge in [-0.15, -0.1) is 0 Å². The zero-order valence-electron chi connectivity index (χ0n) is 6.64. The van der Waals surface area contributed by atoms with E-state index in [1.807, 2.05) is 0 Å². The highest BCUT2D eigenvalue weighted by molar-refractivity contribution is 5.41. The van der Waals surface area contributed by atoms with Gasteiger partial charge in [0.15, 0.2) is 6.67 Å². The molecule has 1 rings (SSSR count). The summed E-state index contributed by atoms with van der Waals surface area (Å²) >= 11 is 0. The molecule has 1 aromatic rings. The molecule has 0 spiro atoms. The van der Waals surface area contributed by atoms with Crippen molar-refractivity contribution < 1.29 is 17.9 Å². The van der Waals surface area contributed by atoms with Crippen LogP contribution in [0.3, 0.4) is 0 Å². The van der Waals surface area contributed by atoms with Crippen LogP contribution in [0.15, 0.2) is 24.3 Å². The zero-order valence-corrected chi connectivity index (χ0v) is 6.64. The molecular weight excluding hydrogens is 183 g/mol. The van der Waals surface area contributed by atoms with Crippen LogP contribution in [0.1, 0.15) is 0 Å². The Balaban J connectivity index is 2.69. The third-order valence-electron chi connectivity index (χ3n) is 1.30. The van der Waals surface area contributed by atoms with E-state index in [1.165, 1.54) is 24.3 Å². The summed E-state index contributed by atoms with van der Waals surface area (Å²) in [5.41, 5.74) is 5.73. The van der Waals surface area contributed by atoms with E-state index >= 15 is 0 Å². The molecule has 0 aliphatic carbocycles. The lowest BCUT2D eigenvalue weighted by molar-refractivity contribution is -0.186. The molecule has 5 heteroatoms. The van der Waals surface area contributed by atoms with Crippen LogP contribution in [0.2, 0.25) is 0 Å².